The van der Waals surface area contributed by atoms with Crippen LogP contribution in [0.2, 0.25) is 0 Å². The summed E-state index contributed by atoms with van der Waals surface area (Å²) in [5.74, 6) is -0.623. The number of nitrogens with zero attached hydrogens (tertiary/aromatic N) is 3. The number of nitrogens with two attached hydrogens (primary N) is 1. The fourth-order valence-electron chi connectivity index (χ4n) is 1.83. The van der Waals surface area contributed by atoms with Gasteiger partial charge >= 0.3 is 5.97 Å². The van der Waals surface area contributed by atoms with Gasteiger partial charge in [0.05, 0.1) is 0 Å². The number of carbonyl (C=O) groups is 1. The number of carboxylic acids is 1. The Bertz CT molecular complexity index is 600. The number of halogens is 1. The van der Waals surface area contributed by atoms with Gasteiger partial charge in [0.15, 0.2) is 5.82 Å². The lowest BCUT2D eigenvalue weighted by molar-refractivity contribution is -0.138. The van der Waals surface area contributed by atoms with E-state index in [1.54, 1.807) is 25.1 Å². The molecule has 0 saturated heterocycles. The SMILES string of the molecule is CC(Cl)(c1cccc(C[C@H](N)C(=O)O)c1)c1nnn[nH]1. The first-order valence-corrected chi connectivity index (χ1v) is 6.30. The minimum Gasteiger partial charge on any atom is -0.480 e. The second kappa shape index (κ2) is 5.56. The van der Waals surface area contributed by atoms with Gasteiger partial charge in [-0.15, -0.1) is 16.7 Å². The van der Waals surface area contributed by atoms with Gasteiger partial charge < -0.3 is 10.8 Å². The van der Waals surface area contributed by atoms with Crippen LogP contribution in [0.5, 0.6) is 0 Å². The summed E-state index contributed by atoms with van der Waals surface area (Å²) in [7, 11) is 0. The summed E-state index contributed by atoms with van der Waals surface area (Å²) in [5.41, 5.74) is 7.08. The van der Waals surface area contributed by atoms with E-state index < -0.39 is 16.9 Å². The number of hydrogen-bond acceptors (Lipinski definition) is 5. The monoisotopic (exact) mass is 295 g/mol. The summed E-state index contributed by atoms with van der Waals surface area (Å²) >= 11 is 6.48. The number of rotatable bonds is 5. The van der Waals surface area contributed by atoms with Crippen LogP contribution in [0, 0.1) is 0 Å². The molecule has 4 N–H and O–H groups in total. The number of benzene rings is 1. The Labute approximate surface area is 120 Å². The van der Waals surface area contributed by atoms with Crippen molar-refractivity contribution in [3.63, 3.8) is 0 Å². The molecule has 2 aromatic rings. The van der Waals surface area contributed by atoms with Crippen LogP contribution in [0.25, 0.3) is 0 Å². The maximum absolute atomic E-state index is 10.8. The molecule has 1 unspecified atom stereocenters. The zero-order valence-electron chi connectivity index (χ0n) is 10.7. The minimum atomic E-state index is -1.04. The number of tetrazole rings is 1. The van der Waals surface area contributed by atoms with Crippen molar-refractivity contribution in [1.29, 1.82) is 0 Å². The number of aromatic amines is 1. The summed E-state index contributed by atoms with van der Waals surface area (Å²) in [6, 6.07) is 6.28. The molecular formula is C12H14ClN5O2. The van der Waals surface area contributed by atoms with Crippen molar-refractivity contribution in [2.75, 3.05) is 0 Å². The van der Waals surface area contributed by atoms with Gasteiger partial charge in [0.2, 0.25) is 0 Å². The third-order valence-corrected chi connectivity index (χ3v) is 3.43. The molecular weight excluding hydrogens is 282 g/mol. The number of carboxylic acid groups (broad SMARTS) is 1. The number of H-pyrrole nitrogens is 1. The van der Waals surface area contributed by atoms with Crippen LogP contribution >= 0.6 is 11.6 Å². The number of aromatic nitrogens is 4. The molecule has 0 aliphatic rings. The molecule has 0 bridgehead atoms. The van der Waals surface area contributed by atoms with E-state index >= 15 is 0 Å². The van der Waals surface area contributed by atoms with Crippen LogP contribution in [0.4, 0.5) is 0 Å². The Kier molecular flexibility index (Phi) is 4.01. The topological polar surface area (TPSA) is 118 Å². The third-order valence-electron chi connectivity index (χ3n) is 3.03. The molecule has 2 rings (SSSR count). The molecule has 1 aromatic heterocycles. The van der Waals surface area contributed by atoms with Crippen LogP contribution < -0.4 is 5.73 Å². The molecule has 106 valence electrons. The maximum atomic E-state index is 10.8. The highest BCUT2D eigenvalue weighted by molar-refractivity contribution is 6.25. The molecule has 0 aliphatic heterocycles. The number of nitrogens with one attached hydrogen (secondary N) is 1. The van der Waals surface area contributed by atoms with Crippen LogP contribution in [0.1, 0.15) is 23.9 Å². The van der Waals surface area contributed by atoms with Gasteiger partial charge in [-0.3, -0.25) is 4.79 Å². The highest BCUT2D eigenvalue weighted by Crippen LogP contribution is 2.33. The first kappa shape index (κ1) is 14.4. The quantitative estimate of drug-likeness (QED) is 0.697. The van der Waals surface area contributed by atoms with E-state index in [2.05, 4.69) is 20.6 Å². The molecule has 7 nitrogen and oxygen atoms in total. The highest BCUT2D eigenvalue weighted by Gasteiger charge is 2.30. The fourth-order valence-corrected chi connectivity index (χ4v) is 2.02. The molecule has 0 spiro atoms. The molecule has 0 aliphatic carbocycles. The van der Waals surface area contributed by atoms with Crippen molar-refractivity contribution in [2.24, 2.45) is 5.73 Å². The van der Waals surface area contributed by atoms with Gasteiger partial charge in [0.1, 0.15) is 10.9 Å². The van der Waals surface area contributed by atoms with Gasteiger partial charge in [-0.2, -0.15) is 0 Å². The molecule has 1 heterocycles. The zero-order chi connectivity index (χ0) is 14.8. The van der Waals surface area contributed by atoms with E-state index in [1.165, 1.54) is 0 Å². The normalized spacial score (nSPS) is 15.6. The van der Waals surface area contributed by atoms with E-state index in [-0.39, 0.29) is 6.42 Å². The fraction of sp³-hybridized carbons (Fsp3) is 0.333. The molecule has 0 radical (unpaired) electrons. The number of aliphatic carboxylic acids is 1. The van der Waals surface area contributed by atoms with Gasteiger partial charge in [-0.05, 0) is 34.9 Å². The van der Waals surface area contributed by atoms with Crippen LogP contribution in [-0.4, -0.2) is 37.7 Å². The summed E-state index contributed by atoms with van der Waals surface area (Å²) in [6.07, 6.45) is 0.227. The lowest BCUT2D eigenvalue weighted by Gasteiger charge is -2.20. The Morgan fingerprint density at radius 1 is 1.60 bits per heavy atom. The standard InChI is InChI=1S/C12H14ClN5O2/c1-12(13,11-15-17-18-16-11)8-4-2-3-7(5-8)6-9(14)10(19)20/h2-5,9H,6,14H2,1H3,(H,19,20)(H,15,16,17,18)/t9-,12?/m0/s1. The Balaban J connectivity index is 2.28. The van der Waals surface area contributed by atoms with Crippen molar-refractivity contribution in [2.45, 2.75) is 24.3 Å². The van der Waals surface area contributed by atoms with Crippen molar-refractivity contribution < 1.29 is 9.90 Å². The van der Waals surface area contributed by atoms with Gasteiger partial charge in [0.25, 0.3) is 0 Å². The molecule has 0 fully saturated rings. The van der Waals surface area contributed by atoms with Crippen molar-refractivity contribution in [1.82, 2.24) is 20.6 Å². The van der Waals surface area contributed by atoms with Gasteiger partial charge in [-0.25, -0.2) is 5.10 Å². The summed E-state index contributed by atoms with van der Waals surface area (Å²) in [5, 5.41) is 22.3. The van der Waals surface area contributed by atoms with Crippen LogP contribution in [0.3, 0.4) is 0 Å². The smallest absolute Gasteiger partial charge is 0.320 e. The van der Waals surface area contributed by atoms with E-state index in [0.29, 0.717) is 5.82 Å². The zero-order valence-corrected chi connectivity index (χ0v) is 11.5. The summed E-state index contributed by atoms with van der Waals surface area (Å²) < 4.78 is 0. The van der Waals surface area contributed by atoms with E-state index in [1.807, 2.05) is 6.07 Å². The first-order chi connectivity index (χ1) is 9.41. The second-order valence-electron chi connectivity index (χ2n) is 4.60. The summed E-state index contributed by atoms with van der Waals surface area (Å²) in [6.45, 7) is 1.76. The Morgan fingerprint density at radius 2 is 2.35 bits per heavy atom. The predicted molar refractivity (Wildman–Crippen MR) is 72.2 cm³/mol. The van der Waals surface area contributed by atoms with Crippen LogP contribution in [-0.2, 0) is 16.1 Å². The molecule has 0 saturated carbocycles. The van der Waals surface area contributed by atoms with E-state index in [4.69, 9.17) is 22.4 Å². The van der Waals surface area contributed by atoms with Crippen molar-refractivity contribution in [3.05, 3.63) is 41.2 Å². The van der Waals surface area contributed by atoms with E-state index in [9.17, 15) is 4.79 Å². The van der Waals surface area contributed by atoms with E-state index in [0.717, 1.165) is 11.1 Å². The van der Waals surface area contributed by atoms with Gasteiger partial charge in [-0.1, -0.05) is 24.3 Å². The molecule has 2 atom stereocenters. The average molecular weight is 296 g/mol. The number of alkyl halides is 1. The molecule has 20 heavy (non-hydrogen) atoms. The minimum absolute atomic E-state index is 0.227. The second-order valence-corrected chi connectivity index (χ2v) is 5.36. The largest absolute Gasteiger partial charge is 0.480 e. The summed E-state index contributed by atoms with van der Waals surface area (Å²) in [4.78, 5) is 9.87. The highest BCUT2D eigenvalue weighted by atomic mass is 35.5. The molecule has 0 amide bonds. The lowest BCUT2D eigenvalue weighted by atomic mass is 9.95. The van der Waals surface area contributed by atoms with Crippen LogP contribution in [0.15, 0.2) is 24.3 Å². The molecule has 8 heteroatoms. The Morgan fingerprint density at radius 3 is 2.95 bits per heavy atom. The average Bonchev–Trinajstić information content (AvgIpc) is 2.93. The lowest BCUT2D eigenvalue weighted by Crippen LogP contribution is -2.32. The van der Waals surface area contributed by atoms with Gasteiger partial charge in [0, 0.05) is 0 Å². The first-order valence-electron chi connectivity index (χ1n) is 5.92. The van der Waals surface area contributed by atoms with Crippen molar-refractivity contribution in [3.8, 4) is 0 Å². The number of hydrogen-bond donors (Lipinski definition) is 3. The maximum Gasteiger partial charge on any atom is 0.320 e. The van der Waals surface area contributed by atoms with Crippen molar-refractivity contribution >= 4 is 17.6 Å². The third kappa shape index (κ3) is 2.94. The Hall–Kier alpha value is -1.99. The molecule has 1 aromatic carbocycles. The predicted octanol–water partition coefficient (Wildman–Crippen LogP) is 0.656.